The summed E-state index contributed by atoms with van der Waals surface area (Å²) < 4.78 is 42.7. The molecular weight excluding hydrogens is 602 g/mol. The first-order chi connectivity index (χ1) is 16.4. The number of rotatable bonds is 6. The molecule has 1 aliphatic rings. The van der Waals surface area contributed by atoms with Crippen molar-refractivity contribution in [2.45, 2.75) is 31.0 Å². The van der Waals surface area contributed by atoms with Gasteiger partial charge in [0.25, 0.3) is 5.60 Å². The van der Waals surface area contributed by atoms with Gasteiger partial charge in [0, 0.05) is 39.3 Å². The predicted molar refractivity (Wildman–Crippen MR) is 130 cm³/mol. The highest BCUT2D eigenvalue weighted by Gasteiger charge is 2.62. The number of alkyl halides is 4. The fourth-order valence-electron chi connectivity index (χ4n) is 3.33. The molecule has 1 atom stereocenters. The Morgan fingerprint density at radius 3 is 2.40 bits per heavy atom. The van der Waals surface area contributed by atoms with Crippen LogP contribution in [0.1, 0.15) is 30.4 Å². The van der Waals surface area contributed by atoms with Crippen LogP contribution in [-0.4, -0.2) is 34.3 Å². The second-order valence-electron chi connectivity index (χ2n) is 7.40. The molecule has 7 nitrogen and oxygen atoms in total. The summed E-state index contributed by atoms with van der Waals surface area (Å²) in [6.07, 6.45) is -6.73. The highest BCUT2D eigenvalue weighted by atomic mass is 79.9. The van der Waals surface area contributed by atoms with E-state index in [9.17, 15) is 27.9 Å². The number of amides is 2. The molecule has 0 spiro atoms. The summed E-state index contributed by atoms with van der Waals surface area (Å²) in [4.78, 5) is 28.8. The fraction of sp³-hybridized carbons (Fsp3) is 0.286. The summed E-state index contributed by atoms with van der Waals surface area (Å²) in [6, 6.07) is 7.28. The van der Waals surface area contributed by atoms with Crippen molar-refractivity contribution in [3.63, 3.8) is 0 Å². The van der Waals surface area contributed by atoms with E-state index in [1.165, 1.54) is 24.3 Å². The van der Waals surface area contributed by atoms with Gasteiger partial charge < -0.3 is 9.94 Å². The predicted octanol–water partition coefficient (Wildman–Crippen LogP) is 6.92. The van der Waals surface area contributed by atoms with E-state index in [0.717, 1.165) is 12.1 Å². The molecule has 1 aliphatic heterocycles. The fourth-order valence-corrected chi connectivity index (χ4v) is 4.34. The minimum Gasteiger partial charge on any atom is -0.463 e. The summed E-state index contributed by atoms with van der Waals surface area (Å²) in [5, 5.41) is 14.1. The number of halogens is 7. The first-order valence-corrected chi connectivity index (χ1v) is 12.1. The maximum absolute atomic E-state index is 14.2. The molecule has 2 amide bonds. The number of anilines is 1. The van der Waals surface area contributed by atoms with Crippen LogP contribution >= 0.6 is 50.7 Å². The van der Waals surface area contributed by atoms with Crippen LogP contribution in [0.3, 0.4) is 0 Å². The van der Waals surface area contributed by atoms with Gasteiger partial charge in [0.15, 0.2) is 0 Å². The van der Waals surface area contributed by atoms with Crippen LogP contribution < -0.4 is 10.4 Å². The van der Waals surface area contributed by atoms with Gasteiger partial charge in [-0.1, -0.05) is 62.0 Å². The van der Waals surface area contributed by atoms with Crippen molar-refractivity contribution in [3.05, 3.63) is 62.6 Å². The van der Waals surface area contributed by atoms with Crippen molar-refractivity contribution >= 4 is 74.1 Å². The van der Waals surface area contributed by atoms with E-state index in [4.69, 9.17) is 39.6 Å². The molecule has 2 N–H and O–H groups in total. The highest BCUT2D eigenvalue weighted by Crippen LogP contribution is 2.50. The molecule has 14 heteroatoms. The molecule has 0 aromatic heterocycles. The number of nitrogens with zero attached hydrogens (tertiary/aromatic N) is 2. The molecular formula is C21H16BrCl3F3N3O4. The lowest BCUT2D eigenvalue weighted by Gasteiger charge is -2.29. The Morgan fingerprint density at radius 1 is 1.17 bits per heavy atom. The third-order valence-corrected chi connectivity index (χ3v) is 6.32. The minimum atomic E-state index is -4.90. The number of hydrogen-bond donors (Lipinski definition) is 2. The van der Waals surface area contributed by atoms with Gasteiger partial charge in [-0.3, -0.25) is 10.2 Å². The zero-order valence-corrected chi connectivity index (χ0v) is 21.4. The van der Waals surface area contributed by atoms with E-state index in [1.54, 1.807) is 0 Å². The van der Waals surface area contributed by atoms with E-state index in [2.05, 4.69) is 26.5 Å². The lowest BCUT2D eigenvalue weighted by Crippen LogP contribution is -2.46. The van der Waals surface area contributed by atoms with Crippen LogP contribution in [-0.2, 0) is 15.2 Å². The van der Waals surface area contributed by atoms with Crippen molar-refractivity contribution in [2.75, 3.05) is 10.3 Å². The molecule has 0 radical (unpaired) electrons. The first-order valence-electron chi connectivity index (χ1n) is 9.84. The first kappa shape index (κ1) is 27.4. The molecule has 0 fully saturated rings. The lowest BCUT2D eigenvalue weighted by atomic mass is 9.86. The van der Waals surface area contributed by atoms with E-state index in [1.807, 2.05) is 0 Å². The molecule has 1 heterocycles. The van der Waals surface area contributed by atoms with Crippen molar-refractivity contribution in [3.8, 4) is 0 Å². The van der Waals surface area contributed by atoms with E-state index >= 15 is 0 Å². The van der Waals surface area contributed by atoms with Gasteiger partial charge in [0.05, 0.1) is 16.4 Å². The lowest BCUT2D eigenvalue weighted by molar-refractivity contribution is -0.275. The van der Waals surface area contributed by atoms with Crippen LogP contribution in [0.2, 0.25) is 15.1 Å². The number of carbonyl (C=O) groups is 2. The Balaban J connectivity index is 1.97. The summed E-state index contributed by atoms with van der Waals surface area (Å²) in [7, 11) is 0. The number of hydrogen-bond acceptors (Lipinski definition) is 4. The quantitative estimate of drug-likeness (QED) is 0.272. The van der Waals surface area contributed by atoms with Crippen LogP contribution in [0.25, 0.3) is 0 Å². The number of oxime groups is 1. The van der Waals surface area contributed by atoms with Gasteiger partial charge in [-0.05, 0) is 36.8 Å². The summed E-state index contributed by atoms with van der Waals surface area (Å²) in [5.74, 6) is -0.594. The molecule has 0 bridgehead atoms. The third kappa shape index (κ3) is 5.96. The van der Waals surface area contributed by atoms with Gasteiger partial charge in [0.2, 0.25) is 5.91 Å². The van der Waals surface area contributed by atoms with Crippen LogP contribution in [0.4, 0.5) is 23.7 Å². The van der Waals surface area contributed by atoms with Crippen molar-refractivity contribution in [1.29, 1.82) is 0 Å². The van der Waals surface area contributed by atoms with E-state index in [-0.39, 0.29) is 44.0 Å². The summed E-state index contributed by atoms with van der Waals surface area (Å²) >= 11 is 21.1. The van der Waals surface area contributed by atoms with E-state index in [0.29, 0.717) is 16.8 Å². The maximum Gasteiger partial charge on any atom is 0.435 e. The van der Waals surface area contributed by atoms with Gasteiger partial charge in [-0.15, -0.1) is 0 Å². The molecule has 3 rings (SSSR count). The zero-order valence-electron chi connectivity index (χ0n) is 17.5. The topological polar surface area (TPSA) is 91.2 Å². The Kier molecular flexibility index (Phi) is 8.46. The normalized spacial score (nSPS) is 17.5. The van der Waals surface area contributed by atoms with Gasteiger partial charge in [-0.2, -0.15) is 18.2 Å². The average Bonchev–Trinajstić information content (AvgIpc) is 3.23. The molecule has 0 saturated heterocycles. The molecule has 2 aromatic rings. The smallest absolute Gasteiger partial charge is 0.435 e. The van der Waals surface area contributed by atoms with Crippen molar-refractivity contribution in [2.24, 2.45) is 5.16 Å². The molecule has 35 heavy (non-hydrogen) atoms. The average molecular weight is 618 g/mol. The second kappa shape index (κ2) is 10.8. The number of benzene rings is 2. The molecule has 0 saturated carbocycles. The van der Waals surface area contributed by atoms with Gasteiger partial charge in [0.1, 0.15) is 0 Å². The van der Waals surface area contributed by atoms with Crippen molar-refractivity contribution in [1.82, 2.24) is 5.43 Å². The van der Waals surface area contributed by atoms with Crippen LogP contribution in [0.15, 0.2) is 41.6 Å². The molecule has 0 aliphatic carbocycles. The SMILES string of the molecule is O=C(CCCBr)NN(C(=O)O)c1cc(C2=NOC(c3cc(Cl)cc(Cl)c3)(C(F)(F)F)C2)ccc1Cl. The van der Waals surface area contributed by atoms with E-state index < -0.39 is 30.2 Å². The van der Waals surface area contributed by atoms with Crippen LogP contribution in [0, 0.1) is 0 Å². The molecule has 188 valence electrons. The number of nitrogens with one attached hydrogen (secondary N) is 1. The van der Waals surface area contributed by atoms with Gasteiger partial charge >= 0.3 is 12.3 Å². The number of hydrazine groups is 1. The Labute approximate surface area is 220 Å². The van der Waals surface area contributed by atoms with Gasteiger partial charge in [-0.25, -0.2) is 4.79 Å². The second-order valence-corrected chi connectivity index (χ2v) is 9.47. The summed E-state index contributed by atoms with van der Waals surface area (Å²) in [5.41, 5.74) is -1.21. The van der Waals surface area contributed by atoms with Crippen molar-refractivity contribution < 1.29 is 32.7 Å². The van der Waals surface area contributed by atoms with Crippen LogP contribution in [0.5, 0.6) is 0 Å². The third-order valence-electron chi connectivity index (χ3n) is 5.00. The Bertz CT molecular complexity index is 1160. The Hall–Kier alpha value is -2.21. The maximum atomic E-state index is 14.2. The number of carbonyl (C=O) groups excluding carboxylic acids is 1. The summed E-state index contributed by atoms with van der Waals surface area (Å²) in [6.45, 7) is 0. The molecule has 2 aromatic carbocycles. The standard InChI is InChI=1S/C21H16BrCl3F3N3O4/c22-5-1-2-18(32)29-31(19(33)34)17-6-11(3-4-15(17)25)16-10-20(35-30-16,21(26,27)28)12-7-13(23)9-14(24)8-12/h3-4,6-9H,1-2,5,10H2,(H,29,32)(H,33,34). The molecule has 1 unspecified atom stereocenters. The number of carboxylic acid groups (broad SMARTS) is 1. The minimum absolute atomic E-state index is 0.0188. The monoisotopic (exact) mass is 615 g/mol. The highest BCUT2D eigenvalue weighted by molar-refractivity contribution is 9.09. The largest absolute Gasteiger partial charge is 0.463 e. The zero-order chi connectivity index (χ0) is 26.0. The Morgan fingerprint density at radius 2 is 1.83 bits per heavy atom.